The Bertz CT molecular complexity index is 1690. The van der Waals surface area contributed by atoms with Crippen LogP contribution in [0.15, 0.2) is 96.2 Å². The SMILES string of the molecule is C=O.CCC(C)(C)CC1=C(C)C(c2ccc(OCc3ccccc3)cc2F)N(C=O)c2cccc(O)c2N1.CO.Cc1ccc(Cl)c(C)c1. The largest absolute Gasteiger partial charge is 0.506 e. The minimum Gasteiger partial charge on any atom is -0.506 e. The fourth-order valence-electron chi connectivity index (χ4n) is 5.28. The van der Waals surface area contributed by atoms with Gasteiger partial charge in [-0.3, -0.25) is 4.79 Å². The predicted octanol–water partition coefficient (Wildman–Crippen LogP) is 9.72. The first-order chi connectivity index (χ1) is 23.4. The molecule has 1 atom stereocenters. The molecule has 0 aliphatic carbocycles. The van der Waals surface area contributed by atoms with Gasteiger partial charge >= 0.3 is 0 Å². The molecule has 0 saturated carbocycles. The van der Waals surface area contributed by atoms with Crippen LogP contribution < -0.4 is 15.0 Å². The van der Waals surface area contributed by atoms with Crippen molar-refractivity contribution in [3.05, 3.63) is 129 Å². The van der Waals surface area contributed by atoms with E-state index in [1.165, 1.54) is 16.5 Å². The number of allylic oxidation sites excluding steroid dienone is 1. The van der Waals surface area contributed by atoms with Gasteiger partial charge in [0.15, 0.2) is 0 Å². The molecule has 4 aromatic rings. The second kappa shape index (κ2) is 19.4. The number of hydrogen-bond donors (Lipinski definition) is 3. The van der Waals surface area contributed by atoms with Gasteiger partial charge in [-0.15, -0.1) is 0 Å². The number of para-hydroxylation sites is 1. The monoisotopic (exact) mass is 690 g/mol. The van der Waals surface area contributed by atoms with Gasteiger partial charge < -0.3 is 30.0 Å². The molecule has 1 heterocycles. The molecule has 1 unspecified atom stereocenters. The molecule has 7 nitrogen and oxygen atoms in total. The number of hydrogen-bond acceptors (Lipinski definition) is 6. The zero-order valence-corrected chi connectivity index (χ0v) is 30.1. The van der Waals surface area contributed by atoms with E-state index in [1.807, 2.05) is 63.1 Å². The molecule has 4 aromatic carbocycles. The fourth-order valence-corrected chi connectivity index (χ4v) is 5.39. The minimum absolute atomic E-state index is 0.0322. The van der Waals surface area contributed by atoms with Crippen LogP contribution in [0.25, 0.3) is 0 Å². The first kappa shape index (κ1) is 40.5. The summed E-state index contributed by atoms with van der Waals surface area (Å²) in [5, 5.41) is 21.9. The number of carbonyl (C=O) groups excluding carboxylic acids is 2. The second-order valence-electron chi connectivity index (χ2n) is 12.3. The van der Waals surface area contributed by atoms with Crippen LogP contribution in [-0.2, 0) is 16.2 Å². The molecule has 0 fully saturated rings. The Morgan fingerprint density at radius 1 is 0.980 bits per heavy atom. The lowest BCUT2D eigenvalue weighted by Gasteiger charge is -2.30. The standard InChI is InChI=1S/C30H33FN2O3.C8H9Cl.CH4O.CH2O/c1-5-30(3,4)17-25-20(2)29(33(19-34)26-12-9-13-27(35)28(26)32-25)23-15-14-22(16-24(23)31)36-18-21-10-7-6-8-11-21;1-6-3-4-8(9)7(2)5-6;2*1-2/h6-16,19,29,32,35H,5,17-18H2,1-4H3;3-5H,1-2H3;2H,1H3;1H2. The van der Waals surface area contributed by atoms with Crippen molar-refractivity contribution in [2.75, 3.05) is 17.3 Å². The lowest BCUT2D eigenvalue weighted by Crippen LogP contribution is -2.29. The smallest absolute Gasteiger partial charge is 0.215 e. The van der Waals surface area contributed by atoms with Crippen LogP contribution in [0, 0.1) is 25.1 Å². The number of phenols is 1. The van der Waals surface area contributed by atoms with E-state index in [0.29, 0.717) is 42.1 Å². The Morgan fingerprint density at radius 3 is 2.22 bits per heavy atom. The number of fused-ring (bicyclic) bond motifs is 1. The molecular formula is C40H48ClFN2O5. The number of anilines is 2. The predicted molar refractivity (Wildman–Crippen MR) is 198 cm³/mol. The molecule has 1 aliphatic heterocycles. The van der Waals surface area contributed by atoms with E-state index in [4.69, 9.17) is 26.2 Å². The van der Waals surface area contributed by atoms with Crippen molar-refractivity contribution in [1.29, 1.82) is 0 Å². The minimum atomic E-state index is -0.691. The molecule has 0 radical (unpaired) electrons. The van der Waals surface area contributed by atoms with Gasteiger partial charge in [0, 0.05) is 29.5 Å². The summed E-state index contributed by atoms with van der Waals surface area (Å²) in [6.45, 7) is 14.8. The number of phenolic OH excluding ortho intramolecular Hbond substituents is 1. The number of aromatic hydroxyl groups is 1. The Hall–Kier alpha value is -4.66. The summed E-state index contributed by atoms with van der Waals surface area (Å²) in [4.78, 5) is 21.9. The zero-order chi connectivity index (χ0) is 36.7. The number of benzene rings is 4. The molecule has 0 bridgehead atoms. The quantitative estimate of drug-likeness (QED) is 0.126. The Kier molecular flexibility index (Phi) is 16.0. The van der Waals surface area contributed by atoms with Gasteiger partial charge in [-0.25, -0.2) is 4.39 Å². The van der Waals surface area contributed by atoms with Crippen molar-refractivity contribution in [1.82, 2.24) is 0 Å². The average Bonchev–Trinajstić information content (AvgIpc) is 3.22. The second-order valence-corrected chi connectivity index (χ2v) is 12.7. The molecule has 9 heteroatoms. The molecule has 1 amide bonds. The lowest BCUT2D eigenvalue weighted by molar-refractivity contribution is -0.107. The number of rotatable bonds is 8. The fraction of sp³-hybridized carbons (Fsp3) is 0.300. The van der Waals surface area contributed by atoms with E-state index in [9.17, 15) is 9.90 Å². The lowest BCUT2D eigenvalue weighted by atomic mass is 9.83. The summed E-state index contributed by atoms with van der Waals surface area (Å²) in [7, 11) is 1.00. The van der Waals surface area contributed by atoms with Gasteiger partial charge in [0.05, 0.1) is 11.7 Å². The number of aliphatic hydroxyl groups excluding tert-OH is 1. The Labute approximate surface area is 295 Å². The normalized spacial score (nSPS) is 13.5. The van der Waals surface area contributed by atoms with Crippen molar-refractivity contribution in [3.8, 4) is 11.5 Å². The van der Waals surface area contributed by atoms with Crippen LogP contribution >= 0.6 is 11.6 Å². The third-order valence-corrected chi connectivity index (χ3v) is 8.72. The van der Waals surface area contributed by atoms with Gasteiger partial charge in [-0.1, -0.05) is 92.9 Å². The number of aryl methyl sites for hydroxylation is 2. The average molecular weight is 691 g/mol. The van der Waals surface area contributed by atoms with Gasteiger partial charge in [0.25, 0.3) is 0 Å². The highest BCUT2D eigenvalue weighted by Gasteiger charge is 2.34. The zero-order valence-electron chi connectivity index (χ0n) is 29.4. The summed E-state index contributed by atoms with van der Waals surface area (Å²) in [6.07, 6.45) is 2.30. The van der Waals surface area contributed by atoms with Crippen LogP contribution in [0.2, 0.25) is 5.02 Å². The number of carbonyl (C=O) groups is 2. The van der Waals surface area contributed by atoms with Crippen molar-refractivity contribution in [2.24, 2.45) is 5.41 Å². The molecular weight excluding hydrogens is 643 g/mol. The van der Waals surface area contributed by atoms with Crippen molar-refractivity contribution in [3.63, 3.8) is 0 Å². The van der Waals surface area contributed by atoms with Crippen molar-refractivity contribution >= 4 is 36.2 Å². The number of aliphatic hydroxyl groups is 1. The first-order valence-corrected chi connectivity index (χ1v) is 16.3. The molecule has 0 spiro atoms. The van der Waals surface area contributed by atoms with E-state index < -0.39 is 11.9 Å². The molecule has 0 aromatic heterocycles. The summed E-state index contributed by atoms with van der Waals surface area (Å²) >= 11 is 5.78. The number of amides is 1. The maximum absolute atomic E-state index is 15.6. The van der Waals surface area contributed by atoms with E-state index in [-0.39, 0.29) is 11.2 Å². The van der Waals surface area contributed by atoms with E-state index >= 15 is 4.39 Å². The highest BCUT2D eigenvalue weighted by molar-refractivity contribution is 6.31. The molecule has 5 rings (SSSR count). The van der Waals surface area contributed by atoms with Crippen LogP contribution in [-0.4, -0.2) is 30.5 Å². The van der Waals surface area contributed by atoms with Gasteiger partial charge in [0.2, 0.25) is 6.41 Å². The van der Waals surface area contributed by atoms with Gasteiger partial charge in [-0.2, -0.15) is 0 Å². The highest BCUT2D eigenvalue weighted by atomic mass is 35.5. The van der Waals surface area contributed by atoms with Crippen molar-refractivity contribution < 1.29 is 28.9 Å². The summed E-state index contributed by atoms with van der Waals surface area (Å²) in [5.74, 6) is -0.0178. The van der Waals surface area contributed by atoms with Crippen LogP contribution in [0.4, 0.5) is 15.8 Å². The number of nitrogens with zero attached hydrogens (tertiary/aromatic N) is 1. The van der Waals surface area contributed by atoms with E-state index in [0.717, 1.165) is 41.0 Å². The first-order valence-electron chi connectivity index (χ1n) is 15.9. The molecule has 1 aliphatic rings. The molecule has 49 heavy (non-hydrogen) atoms. The highest BCUT2D eigenvalue weighted by Crippen LogP contribution is 2.47. The molecule has 3 N–H and O–H groups in total. The number of nitrogens with one attached hydrogen (secondary N) is 1. The molecule has 0 saturated heterocycles. The van der Waals surface area contributed by atoms with Gasteiger partial charge in [0.1, 0.15) is 36.4 Å². The summed E-state index contributed by atoms with van der Waals surface area (Å²) in [6, 6.07) is 24.8. The van der Waals surface area contributed by atoms with Crippen LogP contribution in [0.3, 0.4) is 0 Å². The van der Waals surface area contributed by atoms with Crippen LogP contribution in [0.5, 0.6) is 11.5 Å². The van der Waals surface area contributed by atoms with E-state index in [2.05, 4.69) is 39.1 Å². The number of halogens is 2. The maximum Gasteiger partial charge on any atom is 0.215 e. The topological polar surface area (TPSA) is 99.1 Å². The van der Waals surface area contributed by atoms with Crippen molar-refractivity contribution in [2.45, 2.75) is 67.0 Å². The Balaban J connectivity index is 0.000000545. The van der Waals surface area contributed by atoms with Crippen LogP contribution in [0.1, 0.15) is 68.8 Å². The third kappa shape index (κ3) is 10.9. The third-order valence-electron chi connectivity index (χ3n) is 8.29. The van der Waals surface area contributed by atoms with Gasteiger partial charge in [-0.05, 0) is 79.6 Å². The molecule has 262 valence electrons. The summed E-state index contributed by atoms with van der Waals surface area (Å²) in [5.41, 5.74) is 6.33. The van der Waals surface area contributed by atoms with E-state index in [1.54, 1.807) is 30.3 Å². The number of ether oxygens (including phenoxy) is 1. The maximum atomic E-state index is 15.6. The Morgan fingerprint density at radius 2 is 1.65 bits per heavy atom. The summed E-state index contributed by atoms with van der Waals surface area (Å²) < 4.78 is 21.5.